The first-order valence-corrected chi connectivity index (χ1v) is 6.36. The van der Waals surface area contributed by atoms with Crippen LogP contribution in [0.25, 0.3) is 0 Å². The topological polar surface area (TPSA) is 72.2 Å². The summed E-state index contributed by atoms with van der Waals surface area (Å²) in [7, 11) is -3.51. The first-order valence-electron chi connectivity index (χ1n) is 4.81. The van der Waals surface area contributed by atoms with Gasteiger partial charge in [-0.2, -0.15) is 13.1 Å². The molecule has 0 bridgehead atoms. The summed E-state index contributed by atoms with van der Waals surface area (Å²) in [5, 5.41) is 4.91. The van der Waals surface area contributed by atoms with Crippen LogP contribution in [0.5, 0.6) is 0 Å². The maximum Gasteiger partial charge on any atom is 0.274 e. The summed E-state index contributed by atoms with van der Waals surface area (Å²) in [6.07, 6.45) is 5.31. The Hall–Kier alpha value is -0.130. The minimum atomic E-state index is -3.51. The van der Waals surface area contributed by atoms with Gasteiger partial charge in [0.25, 0.3) is 10.2 Å². The van der Waals surface area contributed by atoms with E-state index in [1.807, 2.05) is 0 Å². The molecule has 1 saturated carbocycles. The lowest BCUT2D eigenvalue weighted by Gasteiger charge is -2.28. The predicted octanol–water partition coefficient (Wildman–Crippen LogP) is 0.748. The molecule has 0 spiro atoms. The van der Waals surface area contributed by atoms with Crippen molar-refractivity contribution in [2.45, 2.75) is 45.1 Å². The van der Waals surface area contributed by atoms with Crippen molar-refractivity contribution in [1.29, 1.82) is 0 Å². The van der Waals surface area contributed by atoms with Crippen molar-refractivity contribution in [2.75, 3.05) is 0 Å². The van der Waals surface area contributed by atoms with Gasteiger partial charge in [-0.1, -0.05) is 26.2 Å². The third kappa shape index (κ3) is 4.06. The molecule has 0 aromatic heterocycles. The SMILES string of the molecule is CC[C@@H]1CCC[C@@H](NS(N)(=O)=O)C1. The summed E-state index contributed by atoms with van der Waals surface area (Å²) in [4.78, 5) is 0. The molecule has 0 amide bonds. The maximum absolute atomic E-state index is 10.8. The van der Waals surface area contributed by atoms with Gasteiger partial charge >= 0.3 is 0 Å². The van der Waals surface area contributed by atoms with Crippen LogP contribution in [0.1, 0.15) is 39.0 Å². The van der Waals surface area contributed by atoms with Crippen molar-refractivity contribution < 1.29 is 8.42 Å². The first kappa shape index (κ1) is 10.9. The lowest BCUT2D eigenvalue weighted by atomic mass is 9.85. The zero-order chi connectivity index (χ0) is 9.90. The van der Waals surface area contributed by atoms with Crippen LogP contribution in [-0.4, -0.2) is 14.5 Å². The smallest absolute Gasteiger partial charge is 0.216 e. The fourth-order valence-corrected chi connectivity index (χ4v) is 2.68. The summed E-state index contributed by atoms with van der Waals surface area (Å²) in [6.45, 7) is 2.14. The first-order chi connectivity index (χ1) is 6.01. The van der Waals surface area contributed by atoms with Crippen LogP contribution in [-0.2, 0) is 10.2 Å². The van der Waals surface area contributed by atoms with E-state index >= 15 is 0 Å². The van der Waals surface area contributed by atoms with Crippen LogP contribution in [0.3, 0.4) is 0 Å². The van der Waals surface area contributed by atoms with Crippen molar-refractivity contribution in [3.63, 3.8) is 0 Å². The van der Waals surface area contributed by atoms with Crippen LogP contribution < -0.4 is 9.86 Å². The number of nitrogens with two attached hydrogens (primary N) is 1. The van der Waals surface area contributed by atoms with E-state index < -0.39 is 10.2 Å². The van der Waals surface area contributed by atoms with E-state index in [9.17, 15) is 8.42 Å². The van der Waals surface area contributed by atoms with Crippen LogP contribution in [0.4, 0.5) is 0 Å². The van der Waals surface area contributed by atoms with Gasteiger partial charge in [-0.15, -0.1) is 0 Å². The van der Waals surface area contributed by atoms with E-state index in [0.29, 0.717) is 5.92 Å². The number of hydrogen-bond acceptors (Lipinski definition) is 2. The maximum atomic E-state index is 10.8. The molecule has 1 aliphatic rings. The highest BCUT2D eigenvalue weighted by atomic mass is 32.2. The Morgan fingerprint density at radius 2 is 2.15 bits per heavy atom. The molecule has 0 aromatic rings. The molecule has 3 N–H and O–H groups in total. The molecule has 0 aliphatic heterocycles. The van der Waals surface area contributed by atoms with Crippen LogP contribution in [0, 0.1) is 5.92 Å². The highest BCUT2D eigenvalue weighted by molar-refractivity contribution is 7.87. The highest BCUT2D eigenvalue weighted by Crippen LogP contribution is 2.26. The summed E-state index contributed by atoms with van der Waals surface area (Å²) in [6, 6.07) is 0.0636. The van der Waals surface area contributed by atoms with E-state index in [2.05, 4.69) is 11.6 Å². The average Bonchev–Trinajstić information content (AvgIpc) is 2.01. The Labute approximate surface area is 80.1 Å². The molecule has 0 radical (unpaired) electrons. The summed E-state index contributed by atoms with van der Waals surface area (Å²) in [5.41, 5.74) is 0. The van der Waals surface area contributed by atoms with Gasteiger partial charge in [0.2, 0.25) is 0 Å². The van der Waals surface area contributed by atoms with Gasteiger partial charge in [-0.3, -0.25) is 0 Å². The van der Waals surface area contributed by atoms with Crippen molar-refractivity contribution in [2.24, 2.45) is 11.1 Å². The molecule has 78 valence electrons. The van der Waals surface area contributed by atoms with E-state index in [-0.39, 0.29) is 6.04 Å². The van der Waals surface area contributed by atoms with Crippen molar-refractivity contribution in [3.05, 3.63) is 0 Å². The Morgan fingerprint density at radius 3 is 2.69 bits per heavy atom. The van der Waals surface area contributed by atoms with E-state index in [1.165, 1.54) is 6.42 Å². The van der Waals surface area contributed by atoms with Crippen LogP contribution in [0.2, 0.25) is 0 Å². The number of nitrogens with one attached hydrogen (secondary N) is 1. The summed E-state index contributed by atoms with van der Waals surface area (Å²) in [5.74, 6) is 0.660. The zero-order valence-electron chi connectivity index (χ0n) is 7.99. The number of rotatable bonds is 3. The highest BCUT2D eigenvalue weighted by Gasteiger charge is 2.22. The lowest BCUT2D eigenvalue weighted by Crippen LogP contribution is -2.41. The molecular formula is C8H18N2O2S. The molecule has 2 atom stereocenters. The molecule has 0 saturated heterocycles. The molecule has 0 heterocycles. The second kappa shape index (κ2) is 4.39. The van der Waals surface area contributed by atoms with Crippen molar-refractivity contribution in [1.82, 2.24) is 4.72 Å². The molecule has 4 nitrogen and oxygen atoms in total. The third-order valence-electron chi connectivity index (χ3n) is 2.69. The molecule has 1 rings (SSSR count). The molecule has 1 aliphatic carbocycles. The lowest BCUT2D eigenvalue weighted by molar-refractivity contribution is 0.301. The number of hydrogen-bond donors (Lipinski definition) is 2. The molecule has 1 fully saturated rings. The Kier molecular flexibility index (Phi) is 3.70. The van der Waals surface area contributed by atoms with E-state index in [4.69, 9.17) is 5.14 Å². The molecular weight excluding hydrogens is 188 g/mol. The van der Waals surface area contributed by atoms with Gasteiger partial charge < -0.3 is 0 Å². The molecule has 0 unspecified atom stereocenters. The summed E-state index contributed by atoms with van der Waals surface area (Å²) < 4.78 is 24.0. The molecule has 5 heteroatoms. The van der Waals surface area contributed by atoms with Gasteiger partial charge in [0.15, 0.2) is 0 Å². The van der Waals surface area contributed by atoms with Gasteiger partial charge in [0.05, 0.1) is 0 Å². The van der Waals surface area contributed by atoms with Crippen molar-refractivity contribution >= 4 is 10.2 Å². The minimum absolute atomic E-state index is 0.0636. The molecule has 13 heavy (non-hydrogen) atoms. The van der Waals surface area contributed by atoms with Gasteiger partial charge in [-0.25, -0.2) is 5.14 Å². The zero-order valence-corrected chi connectivity index (χ0v) is 8.81. The van der Waals surface area contributed by atoms with Gasteiger partial charge in [0, 0.05) is 6.04 Å². The largest absolute Gasteiger partial charge is 0.274 e. The standard InChI is InChI=1S/C8H18N2O2S/c1-2-7-4-3-5-8(6-7)10-13(9,11)12/h7-8,10H,2-6H2,1H3,(H2,9,11,12)/t7-,8-/m1/s1. The average molecular weight is 206 g/mol. The van der Waals surface area contributed by atoms with Gasteiger partial charge in [0.1, 0.15) is 0 Å². The quantitative estimate of drug-likeness (QED) is 0.715. The third-order valence-corrected chi connectivity index (χ3v) is 3.35. The summed E-state index contributed by atoms with van der Waals surface area (Å²) >= 11 is 0. The second-order valence-corrected chi connectivity index (χ2v) is 5.13. The Balaban J connectivity index is 2.43. The van der Waals surface area contributed by atoms with E-state index in [1.54, 1.807) is 0 Å². The minimum Gasteiger partial charge on any atom is -0.216 e. The predicted molar refractivity (Wildman–Crippen MR) is 52.3 cm³/mol. The second-order valence-electron chi connectivity index (χ2n) is 3.80. The van der Waals surface area contributed by atoms with Crippen molar-refractivity contribution in [3.8, 4) is 0 Å². The van der Waals surface area contributed by atoms with E-state index in [0.717, 1.165) is 25.7 Å². The van der Waals surface area contributed by atoms with Crippen LogP contribution in [0.15, 0.2) is 0 Å². The van der Waals surface area contributed by atoms with Gasteiger partial charge in [-0.05, 0) is 18.8 Å². The fraction of sp³-hybridized carbons (Fsp3) is 1.00. The Bertz CT molecular complexity index is 251. The Morgan fingerprint density at radius 1 is 1.46 bits per heavy atom. The monoisotopic (exact) mass is 206 g/mol. The normalized spacial score (nSPS) is 30.3. The molecule has 0 aromatic carbocycles. The van der Waals surface area contributed by atoms with Crippen LogP contribution >= 0.6 is 0 Å². The fourth-order valence-electron chi connectivity index (χ4n) is 2.00.